The summed E-state index contributed by atoms with van der Waals surface area (Å²) in [5, 5.41) is 0.324. The highest BCUT2D eigenvalue weighted by Gasteiger charge is 2.04. The van der Waals surface area contributed by atoms with Crippen molar-refractivity contribution in [2.45, 2.75) is 19.8 Å². The third kappa shape index (κ3) is 2.58. The summed E-state index contributed by atoms with van der Waals surface area (Å²) in [6.07, 6.45) is 1.99. The van der Waals surface area contributed by atoms with Crippen molar-refractivity contribution >= 4 is 11.6 Å². The van der Waals surface area contributed by atoms with Gasteiger partial charge in [0.05, 0.1) is 5.69 Å². The molecule has 0 radical (unpaired) electrons. The molecule has 82 valence electrons. The molecule has 0 bridgehead atoms. The average molecular weight is 233 g/mol. The van der Waals surface area contributed by atoms with Crippen molar-refractivity contribution in [3.63, 3.8) is 0 Å². The molecule has 2 aromatic rings. The molecule has 0 atom stereocenters. The first-order chi connectivity index (χ1) is 7.79. The lowest BCUT2D eigenvalue weighted by Gasteiger charge is -2.04. The van der Waals surface area contributed by atoms with Gasteiger partial charge in [-0.25, -0.2) is 9.97 Å². The summed E-state index contributed by atoms with van der Waals surface area (Å²) in [6.45, 7) is 2.12. The molecule has 0 amide bonds. The molecule has 2 rings (SSSR count). The molecule has 0 fully saturated rings. The van der Waals surface area contributed by atoms with Gasteiger partial charge in [0.25, 0.3) is 0 Å². The molecule has 0 saturated carbocycles. The summed E-state index contributed by atoms with van der Waals surface area (Å²) in [5.74, 6) is 0. The molecule has 0 aliphatic heterocycles. The number of aromatic nitrogens is 2. The third-order valence-electron chi connectivity index (χ3n) is 2.33. The molecule has 1 aromatic carbocycles. The van der Waals surface area contributed by atoms with Gasteiger partial charge in [0.1, 0.15) is 0 Å². The fourth-order valence-electron chi connectivity index (χ4n) is 1.61. The second kappa shape index (κ2) is 5.08. The van der Waals surface area contributed by atoms with E-state index in [0.717, 1.165) is 29.8 Å². The highest BCUT2D eigenvalue weighted by Crippen LogP contribution is 2.19. The molecular weight excluding hydrogens is 220 g/mol. The lowest BCUT2D eigenvalue weighted by atomic mass is 10.1. The van der Waals surface area contributed by atoms with Crippen molar-refractivity contribution in [2.24, 2.45) is 0 Å². The van der Waals surface area contributed by atoms with Gasteiger partial charge in [-0.05, 0) is 24.1 Å². The maximum absolute atomic E-state index is 5.91. The Hall–Kier alpha value is -1.41. The summed E-state index contributed by atoms with van der Waals surface area (Å²) in [5.41, 5.74) is 2.97. The van der Waals surface area contributed by atoms with Crippen LogP contribution in [-0.4, -0.2) is 9.97 Å². The van der Waals surface area contributed by atoms with Crippen LogP contribution in [0.25, 0.3) is 11.3 Å². The van der Waals surface area contributed by atoms with E-state index in [9.17, 15) is 0 Å². The van der Waals surface area contributed by atoms with Gasteiger partial charge in [-0.15, -0.1) is 0 Å². The van der Waals surface area contributed by atoms with Gasteiger partial charge in [0, 0.05) is 11.3 Å². The first kappa shape index (κ1) is 11.1. The van der Waals surface area contributed by atoms with Crippen LogP contribution in [-0.2, 0) is 6.42 Å². The lowest BCUT2D eigenvalue weighted by molar-refractivity contribution is 0.874. The second-order valence-corrected chi connectivity index (χ2v) is 3.97. The molecule has 0 spiro atoms. The van der Waals surface area contributed by atoms with Crippen LogP contribution in [0.15, 0.2) is 36.4 Å². The van der Waals surface area contributed by atoms with Crippen LogP contribution in [0.2, 0.25) is 5.28 Å². The van der Waals surface area contributed by atoms with Crippen molar-refractivity contribution in [1.82, 2.24) is 9.97 Å². The molecule has 16 heavy (non-hydrogen) atoms. The standard InChI is InChI=1S/C13H13ClN2/c1-2-6-11-9-12(16-13(14)15-11)10-7-4-3-5-8-10/h3-5,7-9H,2,6H2,1H3. The number of benzene rings is 1. The van der Waals surface area contributed by atoms with Crippen molar-refractivity contribution in [1.29, 1.82) is 0 Å². The number of hydrogen-bond donors (Lipinski definition) is 0. The highest BCUT2D eigenvalue weighted by molar-refractivity contribution is 6.28. The molecule has 1 aromatic heterocycles. The minimum Gasteiger partial charge on any atom is -0.223 e. The highest BCUT2D eigenvalue weighted by atomic mass is 35.5. The SMILES string of the molecule is CCCc1cc(-c2ccccc2)nc(Cl)n1. The van der Waals surface area contributed by atoms with E-state index in [1.807, 2.05) is 36.4 Å². The van der Waals surface area contributed by atoms with Gasteiger partial charge in [0.2, 0.25) is 5.28 Å². The quantitative estimate of drug-likeness (QED) is 0.754. The monoisotopic (exact) mass is 232 g/mol. The molecule has 2 nitrogen and oxygen atoms in total. The van der Waals surface area contributed by atoms with Gasteiger partial charge in [-0.1, -0.05) is 43.7 Å². The largest absolute Gasteiger partial charge is 0.223 e. The minimum absolute atomic E-state index is 0.324. The molecule has 0 N–H and O–H groups in total. The Morgan fingerprint density at radius 2 is 1.88 bits per heavy atom. The minimum atomic E-state index is 0.324. The smallest absolute Gasteiger partial charge is 0.223 e. The van der Waals surface area contributed by atoms with Crippen LogP contribution < -0.4 is 0 Å². The van der Waals surface area contributed by atoms with Crippen LogP contribution in [0.3, 0.4) is 0 Å². The third-order valence-corrected chi connectivity index (χ3v) is 2.50. The number of halogens is 1. The first-order valence-corrected chi connectivity index (χ1v) is 5.76. The van der Waals surface area contributed by atoms with Crippen molar-refractivity contribution in [3.05, 3.63) is 47.4 Å². The normalized spacial score (nSPS) is 10.4. The molecule has 0 aliphatic rings. The predicted octanol–water partition coefficient (Wildman–Crippen LogP) is 3.75. The zero-order valence-electron chi connectivity index (χ0n) is 9.15. The molecular formula is C13H13ClN2. The Kier molecular flexibility index (Phi) is 3.52. The van der Waals surface area contributed by atoms with Gasteiger partial charge >= 0.3 is 0 Å². The topological polar surface area (TPSA) is 25.8 Å². The van der Waals surface area contributed by atoms with Gasteiger partial charge in [-0.3, -0.25) is 0 Å². The van der Waals surface area contributed by atoms with E-state index in [4.69, 9.17) is 11.6 Å². The predicted molar refractivity (Wildman–Crippen MR) is 66.5 cm³/mol. The number of aryl methyl sites for hydroxylation is 1. The van der Waals surface area contributed by atoms with Crippen LogP contribution >= 0.6 is 11.6 Å². The van der Waals surface area contributed by atoms with Crippen LogP contribution in [0.4, 0.5) is 0 Å². The van der Waals surface area contributed by atoms with E-state index in [1.54, 1.807) is 0 Å². The zero-order valence-corrected chi connectivity index (χ0v) is 9.91. The molecule has 0 saturated heterocycles. The number of nitrogens with zero attached hydrogens (tertiary/aromatic N) is 2. The van der Waals surface area contributed by atoms with E-state index < -0.39 is 0 Å². The van der Waals surface area contributed by atoms with Gasteiger partial charge in [-0.2, -0.15) is 0 Å². The number of hydrogen-bond acceptors (Lipinski definition) is 2. The molecule has 1 heterocycles. The van der Waals surface area contributed by atoms with Gasteiger partial charge < -0.3 is 0 Å². The van der Waals surface area contributed by atoms with Crippen molar-refractivity contribution in [2.75, 3.05) is 0 Å². The fraction of sp³-hybridized carbons (Fsp3) is 0.231. The summed E-state index contributed by atoms with van der Waals surface area (Å²) in [4.78, 5) is 8.44. The van der Waals surface area contributed by atoms with Crippen molar-refractivity contribution in [3.8, 4) is 11.3 Å². The maximum atomic E-state index is 5.91. The first-order valence-electron chi connectivity index (χ1n) is 5.38. The van der Waals surface area contributed by atoms with E-state index in [0.29, 0.717) is 5.28 Å². The molecule has 0 aliphatic carbocycles. The summed E-state index contributed by atoms with van der Waals surface area (Å²) in [6, 6.07) is 12.0. The maximum Gasteiger partial charge on any atom is 0.223 e. The second-order valence-electron chi connectivity index (χ2n) is 3.63. The van der Waals surface area contributed by atoms with E-state index in [1.165, 1.54) is 0 Å². The van der Waals surface area contributed by atoms with Gasteiger partial charge in [0.15, 0.2) is 0 Å². The average Bonchev–Trinajstić information content (AvgIpc) is 2.30. The fourth-order valence-corrected chi connectivity index (χ4v) is 1.81. The van der Waals surface area contributed by atoms with Crippen LogP contribution in [0.1, 0.15) is 19.0 Å². The Morgan fingerprint density at radius 3 is 2.56 bits per heavy atom. The Labute approximate surface area is 100 Å². The Morgan fingerprint density at radius 1 is 1.12 bits per heavy atom. The summed E-state index contributed by atoms with van der Waals surface area (Å²) < 4.78 is 0. The lowest BCUT2D eigenvalue weighted by Crippen LogP contribution is -1.94. The zero-order chi connectivity index (χ0) is 11.4. The van der Waals surface area contributed by atoms with E-state index >= 15 is 0 Å². The van der Waals surface area contributed by atoms with E-state index in [-0.39, 0.29) is 0 Å². The van der Waals surface area contributed by atoms with Crippen LogP contribution in [0, 0.1) is 0 Å². The molecule has 3 heteroatoms. The summed E-state index contributed by atoms with van der Waals surface area (Å²) in [7, 11) is 0. The van der Waals surface area contributed by atoms with E-state index in [2.05, 4.69) is 16.9 Å². The molecule has 0 unspecified atom stereocenters. The summed E-state index contributed by atoms with van der Waals surface area (Å²) >= 11 is 5.91. The van der Waals surface area contributed by atoms with Crippen molar-refractivity contribution < 1.29 is 0 Å². The number of rotatable bonds is 3. The Bertz CT molecular complexity index is 469. The van der Waals surface area contributed by atoms with Crippen LogP contribution in [0.5, 0.6) is 0 Å². The Balaban J connectivity index is 2.41.